The number of nitrogens with zero attached hydrogens (tertiary/aromatic N) is 3. The Morgan fingerprint density at radius 1 is 1.00 bits per heavy atom. The van der Waals surface area contributed by atoms with Gasteiger partial charge in [0.2, 0.25) is 5.91 Å². The lowest BCUT2D eigenvalue weighted by Gasteiger charge is -2.36. The van der Waals surface area contributed by atoms with Crippen molar-refractivity contribution in [3.8, 4) is 0 Å². The number of alkyl halides is 3. The van der Waals surface area contributed by atoms with E-state index in [2.05, 4.69) is 32.5 Å². The zero-order chi connectivity index (χ0) is 20.7. The van der Waals surface area contributed by atoms with Crippen LogP contribution in [-0.4, -0.2) is 49.7 Å². The molecular formula is C21H23F3N4O. The molecule has 0 atom stereocenters. The summed E-state index contributed by atoms with van der Waals surface area (Å²) in [5.74, 6) is -0.323. The van der Waals surface area contributed by atoms with E-state index in [4.69, 9.17) is 0 Å². The highest BCUT2D eigenvalue weighted by molar-refractivity contribution is 5.84. The first-order chi connectivity index (χ1) is 13.9. The van der Waals surface area contributed by atoms with Gasteiger partial charge in [0.15, 0.2) is 0 Å². The molecule has 1 heterocycles. The second kappa shape index (κ2) is 9.56. The minimum atomic E-state index is -4.46. The molecule has 0 aliphatic carbocycles. The maximum atomic E-state index is 12.9. The fourth-order valence-corrected chi connectivity index (χ4v) is 3.23. The Kier molecular flexibility index (Phi) is 6.87. The summed E-state index contributed by atoms with van der Waals surface area (Å²) in [5, 5.41) is 3.68. The predicted octanol–water partition coefficient (Wildman–Crippen LogP) is 3.37. The molecule has 0 saturated carbocycles. The molecule has 0 aromatic heterocycles. The van der Waals surface area contributed by atoms with Gasteiger partial charge in [-0.15, -0.1) is 0 Å². The average molecular weight is 404 g/mol. The molecule has 1 amide bonds. The minimum absolute atomic E-state index is 0.0858. The van der Waals surface area contributed by atoms with E-state index in [1.165, 1.54) is 23.9 Å². The SMILES string of the molecule is O=C(CCN1CCN(c2ccccc2)CC1)N/N=C\c1ccccc1C(F)(F)F. The topological polar surface area (TPSA) is 47.9 Å². The summed E-state index contributed by atoms with van der Waals surface area (Å²) in [5.41, 5.74) is 2.63. The molecule has 5 nitrogen and oxygen atoms in total. The van der Waals surface area contributed by atoms with E-state index in [1.807, 2.05) is 18.2 Å². The number of anilines is 1. The number of carbonyl (C=O) groups is 1. The minimum Gasteiger partial charge on any atom is -0.369 e. The number of benzene rings is 2. The van der Waals surface area contributed by atoms with Crippen LogP contribution in [0.4, 0.5) is 18.9 Å². The van der Waals surface area contributed by atoms with Crippen molar-refractivity contribution >= 4 is 17.8 Å². The van der Waals surface area contributed by atoms with Crippen molar-refractivity contribution in [2.75, 3.05) is 37.6 Å². The van der Waals surface area contributed by atoms with Gasteiger partial charge >= 0.3 is 6.18 Å². The molecule has 1 saturated heterocycles. The van der Waals surface area contributed by atoms with Crippen LogP contribution < -0.4 is 10.3 Å². The Bertz CT molecular complexity index is 831. The van der Waals surface area contributed by atoms with Crippen molar-refractivity contribution in [3.05, 3.63) is 65.7 Å². The zero-order valence-corrected chi connectivity index (χ0v) is 15.9. The fraction of sp³-hybridized carbons (Fsp3) is 0.333. The predicted molar refractivity (Wildman–Crippen MR) is 107 cm³/mol. The third kappa shape index (κ3) is 6.05. The van der Waals surface area contributed by atoms with Crippen LogP contribution in [0, 0.1) is 0 Å². The molecule has 154 valence electrons. The molecule has 2 aromatic carbocycles. The number of carbonyl (C=O) groups excluding carboxylic acids is 1. The highest BCUT2D eigenvalue weighted by Gasteiger charge is 2.32. The summed E-state index contributed by atoms with van der Waals surface area (Å²) >= 11 is 0. The lowest BCUT2D eigenvalue weighted by Crippen LogP contribution is -2.47. The Morgan fingerprint density at radius 3 is 2.34 bits per heavy atom. The first kappa shape index (κ1) is 20.9. The Hall–Kier alpha value is -2.87. The lowest BCUT2D eigenvalue weighted by molar-refractivity contribution is -0.137. The highest BCUT2D eigenvalue weighted by Crippen LogP contribution is 2.31. The average Bonchev–Trinajstić information content (AvgIpc) is 2.73. The van der Waals surface area contributed by atoms with Gasteiger partial charge in [-0.3, -0.25) is 9.69 Å². The van der Waals surface area contributed by atoms with Crippen molar-refractivity contribution in [2.45, 2.75) is 12.6 Å². The van der Waals surface area contributed by atoms with Gasteiger partial charge in [-0.1, -0.05) is 36.4 Å². The van der Waals surface area contributed by atoms with Crippen LogP contribution in [0.3, 0.4) is 0 Å². The summed E-state index contributed by atoms with van der Waals surface area (Å²) in [4.78, 5) is 16.5. The van der Waals surface area contributed by atoms with Crippen LogP contribution in [0.25, 0.3) is 0 Å². The standard InChI is InChI=1S/C21H23F3N4O/c22-21(23,24)19-9-5-4-6-17(19)16-25-26-20(29)10-11-27-12-14-28(15-13-27)18-7-2-1-3-8-18/h1-9,16H,10-15H2,(H,26,29)/b25-16-. The van der Waals surface area contributed by atoms with Crippen molar-refractivity contribution in [3.63, 3.8) is 0 Å². The zero-order valence-electron chi connectivity index (χ0n) is 15.9. The lowest BCUT2D eigenvalue weighted by atomic mass is 10.1. The number of halogens is 3. The summed E-state index contributed by atoms with van der Waals surface area (Å²) < 4.78 is 38.8. The van der Waals surface area contributed by atoms with Gasteiger partial charge in [0, 0.05) is 50.4 Å². The van der Waals surface area contributed by atoms with Crippen LogP contribution in [0.2, 0.25) is 0 Å². The first-order valence-electron chi connectivity index (χ1n) is 9.44. The maximum absolute atomic E-state index is 12.9. The second-order valence-electron chi connectivity index (χ2n) is 6.79. The van der Waals surface area contributed by atoms with E-state index in [0.29, 0.717) is 6.54 Å². The highest BCUT2D eigenvalue weighted by atomic mass is 19.4. The largest absolute Gasteiger partial charge is 0.417 e. The van der Waals surface area contributed by atoms with Crippen LogP contribution in [0.1, 0.15) is 17.5 Å². The summed E-state index contributed by atoms with van der Waals surface area (Å²) in [6.07, 6.45) is -3.20. The Morgan fingerprint density at radius 2 is 1.66 bits per heavy atom. The monoisotopic (exact) mass is 404 g/mol. The summed E-state index contributed by atoms with van der Waals surface area (Å²) in [6, 6.07) is 15.3. The van der Waals surface area contributed by atoms with Gasteiger partial charge in [0.25, 0.3) is 0 Å². The van der Waals surface area contributed by atoms with E-state index in [9.17, 15) is 18.0 Å². The van der Waals surface area contributed by atoms with Crippen molar-refractivity contribution in [1.82, 2.24) is 10.3 Å². The maximum Gasteiger partial charge on any atom is 0.417 e. The van der Waals surface area contributed by atoms with Crippen LogP contribution in [-0.2, 0) is 11.0 Å². The smallest absolute Gasteiger partial charge is 0.369 e. The number of hydrogen-bond acceptors (Lipinski definition) is 4. The number of nitrogens with one attached hydrogen (secondary N) is 1. The number of rotatable bonds is 6. The molecule has 3 rings (SSSR count). The third-order valence-corrected chi connectivity index (χ3v) is 4.81. The number of piperazine rings is 1. The van der Waals surface area contributed by atoms with Gasteiger partial charge in [0.1, 0.15) is 0 Å². The number of hydrogen-bond donors (Lipinski definition) is 1. The summed E-state index contributed by atoms with van der Waals surface area (Å²) in [6.45, 7) is 4.06. The van der Waals surface area contributed by atoms with Crippen LogP contribution in [0.15, 0.2) is 59.7 Å². The molecule has 2 aromatic rings. The second-order valence-corrected chi connectivity index (χ2v) is 6.79. The van der Waals surface area contributed by atoms with Crippen molar-refractivity contribution in [1.29, 1.82) is 0 Å². The van der Waals surface area contributed by atoms with Gasteiger partial charge in [0.05, 0.1) is 11.8 Å². The van der Waals surface area contributed by atoms with Crippen LogP contribution >= 0.6 is 0 Å². The third-order valence-electron chi connectivity index (χ3n) is 4.81. The van der Waals surface area contributed by atoms with E-state index in [-0.39, 0.29) is 17.9 Å². The number of amides is 1. The molecule has 0 unspecified atom stereocenters. The molecule has 1 fully saturated rings. The van der Waals surface area contributed by atoms with E-state index < -0.39 is 11.7 Å². The van der Waals surface area contributed by atoms with E-state index >= 15 is 0 Å². The van der Waals surface area contributed by atoms with Crippen molar-refractivity contribution < 1.29 is 18.0 Å². The molecule has 1 aliphatic heterocycles. The van der Waals surface area contributed by atoms with Gasteiger partial charge < -0.3 is 4.90 Å². The summed E-state index contributed by atoms with van der Waals surface area (Å²) in [7, 11) is 0. The number of hydrazone groups is 1. The quantitative estimate of drug-likeness (QED) is 0.593. The van der Waals surface area contributed by atoms with Gasteiger partial charge in [-0.2, -0.15) is 18.3 Å². The molecule has 1 N–H and O–H groups in total. The molecule has 0 radical (unpaired) electrons. The van der Waals surface area contributed by atoms with Crippen LogP contribution in [0.5, 0.6) is 0 Å². The van der Waals surface area contributed by atoms with Crippen molar-refractivity contribution in [2.24, 2.45) is 5.10 Å². The molecule has 0 bridgehead atoms. The van der Waals surface area contributed by atoms with E-state index in [1.54, 1.807) is 0 Å². The normalized spacial score (nSPS) is 15.6. The molecule has 8 heteroatoms. The molecule has 0 spiro atoms. The van der Waals surface area contributed by atoms with Gasteiger partial charge in [-0.05, 0) is 18.2 Å². The molecular weight excluding hydrogens is 381 g/mol. The Balaban J connectivity index is 1.42. The molecule has 29 heavy (non-hydrogen) atoms. The fourth-order valence-electron chi connectivity index (χ4n) is 3.23. The number of para-hydroxylation sites is 1. The molecule has 1 aliphatic rings. The van der Waals surface area contributed by atoms with E-state index in [0.717, 1.165) is 38.5 Å². The first-order valence-corrected chi connectivity index (χ1v) is 9.44. The Labute approximate surface area is 167 Å². The van der Waals surface area contributed by atoms with Gasteiger partial charge in [-0.25, -0.2) is 5.43 Å².